The van der Waals surface area contributed by atoms with Gasteiger partial charge < -0.3 is 14.8 Å². The maximum absolute atomic E-state index is 5.43. The first-order chi connectivity index (χ1) is 9.33. The van der Waals surface area contributed by atoms with Gasteiger partial charge in [0, 0.05) is 14.2 Å². The number of benzene rings is 1. The molecule has 0 bridgehead atoms. The summed E-state index contributed by atoms with van der Waals surface area (Å²) in [6.07, 6.45) is 3.87. The molecule has 1 aromatic rings. The molecule has 3 nitrogen and oxygen atoms in total. The summed E-state index contributed by atoms with van der Waals surface area (Å²) in [5.74, 6) is 0.789. The summed E-state index contributed by atoms with van der Waals surface area (Å²) in [5.41, 5.74) is 2.61. The van der Waals surface area contributed by atoms with E-state index in [2.05, 4.69) is 29.6 Å². The second kappa shape index (κ2) is 7.63. The minimum absolute atomic E-state index is 0.0374. The molecule has 19 heavy (non-hydrogen) atoms. The Balaban J connectivity index is 1.93. The van der Waals surface area contributed by atoms with Crippen LogP contribution in [0.5, 0.6) is 0 Å². The first-order valence-electron chi connectivity index (χ1n) is 7.14. The van der Waals surface area contributed by atoms with Crippen LogP contribution in [-0.4, -0.2) is 33.9 Å². The number of nitrogens with one attached hydrogen (secondary N) is 1. The Labute approximate surface area is 116 Å². The number of methoxy groups -OCH3 is 2. The molecule has 1 aliphatic rings. The van der Waals surface area contributed by atoms with Gasteiger partial charge in [-0.2, -0.15) is 0 Å². The third-order valence-electron chi connectivity index (χ3n) is 3.88. The molecule has 0 aliphatic carbocycles. The Morgan fingerprint density at radius 3 is 2.63 bits per heavy atom. The Morgan fingerprint density at radius 1 is 1.26 bits per heavy atom. The second-order valence-corrected chi connectivity index (χ2v) is 5.34. The van der Waals surface area contributed by atoms with Crippen LogP contribution in [-0.2, 0) is 15.9 Å². The van der Waals surface area contributed by atoms with Crippen molar-refractivity contribution in [3.05, 3.63) is 35.4 Å². The van der Waals surface area contributed by atoms with Gasteiger partial charge in [-0.25, -0.2) is 0 Å². The minimum atomic E-state index is 0.0374. The van der Waals surface area contributed by atoms with Crippen molar-refractivity contribution in [2.75, 3.05) is 33.9 Å². The molecule has 0 saturated carbocycles. The highest BCUT2D eigenvalue weighted by Crippen LogP contribution is 2.20. The van der Waals surface area contributed by atoms with Gasteiger partial charge >= 0.3 is 0 Å². The van der Waals surface area contributed by atoms with Gasteiger partial charge in [0.15, 0.2) is 0 Å². The molecule has 1 aromatic carbocycles. The van der Waals surface area contributed by atoms with E-state index < -0.39 is 0 Å². The molecular formula is C16H25NO2. The summed E-state index contributed by atoms with van der Waals surface area (Å²) in [6.45, 7) is 2.94. The van der Waals surface area contributed by atoms with Gasteiger partial charge in [-0.1, -0.05) is 24.3 Å². The van der Waals surface area contributed by atoms with Crippen molar-refractivity contribution in [2.24, 2.45) is 5.92 Å². The van der Waals surface area contributed by atoms with Crippen LogP contribution in [0.4, 0.5) is 0 Å². The second-order valence-electron chi connectivity index (χ2n) is 5.34. The Hall–Kier alpha value is -0.900. The smallest absolute Gasteiger partial charge is 0.105 e. The first-order valence-corrected chi connectivity index (χ1v) is 7.14. The lowest BCUT2D eigenvalue weighted by atomic mass is 9.92. The van der Waals surface area contributed by atoms with Gasteiger partial charge in [0.05, 0.1) is 6.61 Å². The lowest BCUT2D eigenvalue weighted by Gasteiger charge is -2.23. The van der Waals surface area contributed by atoms with Gasteiger partial charge in [-0.15, -0.1) is 0 Å². The molecule has 0 aromatic heterocycles. The number of rotatable bonds is 6. The fourth-order valence-electron chi connectivity index (χ4n) is 2.75. The van der Waals surface area contributed by atoms with E-state index in [4.69, 9.17) is 9.47 Å². The third-order valence-corrected chi connectivity index (χ3v) is 3.88. The molecule has 0 amide bonds. The van der Waals surface area contributed by atoms with E-state index in [0.29, 0.717) is 6.61 Å². The van der Waals surface area contributed by atoms with Gasteiger partial charge in [0.2, 0.25) is 0 Å². The largest absolute Gasteiger partial charge is 0.382 e. The van der Waals surface area contributed by atoms with E-state index in [-0.39, 0.29) is 6.10 Å². The predicted molar refractivity (Wildman–Crippen MR) is 77.4 cm³/mol. The van der Waals surface area contributed by atoms with E-state index in [1.54, 1.807) is 14.2 Å². The van der Waals surface area contributed by atoms with E-state index in [0.717, 1.165) is 12.5 Å². The quantitative estimate of drug-likeness (QED) is 0.855. The lowest BCUT2D eigenvalue weighted by Crippen LogP contribution is -2.30. The van der Waals surface area contributed by atoms with Crippen LogP contribution in [0.1, 0.15) is 30.1 Å². The zero-order valence-electron chi connectivity index (χ0n) is 12.0. The van der Waals surface area contributed by atoms with Crippen molar-refractivity contribution in [1.82, 2.24) is 5.32 Å². The average molecular weight is 263 g/mol. The highest BCUT2D eigenvalue weighted by atomic mass is 16.5. The predicted octanol–water partition coefficient (Wildman–Crippen LogP) is 2.56. The van der Waals surface area contributed by atoms with Crippen LogP contribution in [0.25, 0.3) is 0 Å². The molecule has 0 spiro atoms. The zero-order chi connectivity index (χ0) is 13.5. The van der Waals surface area contributed by atoms with E-state index in [1.807, 2.05) is 0 Å². The van der Waals surface area contributed by atoms with Crippen LogP contribution >= 0.6 is 0 Å². The number of hydrogen-bond acceptors (Lipinski definition) is 3. The summed E-state index contributed by atoms with van der Waals surface area (Å²) in [4.78, 5) is 0. The van der Waals surface area contributed by atoms with Gasteiger partial charge in [0.25, 0.3) is 0 Å². The Bertz CT molecular complexity index is 358. The maximum Gasteiger partial charge on any atom is 0.105 e. The molecule has 106 valence electrons. The zero-order valence-corrected chi connectivity index (χ0v) is 12.0. The third kappa shape index (κ3) is 4.30. The Morgan fingerprint density at radius 2 is 2.05 bits per heavy atom. The van der Waals surface area contributed by atoms with Gasteiger partial charge in [-0.05, 0) is 49.4 Å². The molecule has 2 atom stereocenters. The van der Waals surface area contributed by atoms with Crippen LogP contribution < -0.4 is 5.32 Å². The van der Waals surface area contributed by atoms with Crippen molar-refractivity contribution in [2.45, 2.75) is 25.4 Å². The normalized spacial score (nSPS) is 21.3. The van der Waals surface area contributed by atoms with Crippen molar-refractivity contribution in [3.8, 4) is 0 Å². The molecule has 3 heteroatoms. The van der Waals surface area contributed by atoms with Crippen molar-refractivity contribution < 1.29 is 9.47 Å². The summed E-state index contributed by atoms with van der Waals surface area (Å²) in [7, 11) is 3.43. The number of hydrogen-bond donors (Lipinski definition) is 1. The topological polar surface area (TPSA) is 30.5 Å². The lowest BCUT2D eigenvalue weighted by molar-refractivity contribution is 0.0275. The average Bonchev–Trinajstić information content (AvgIpc) is 2.47. The molecular weight excluding hydrogens is 238 g/mol. The summed E-state index contributed by atoms with van der Waals surface area (Å²) >= 11 is 0. The highest BCUT2D eigenvalue weighted by Gasteiger charge is 2.14. The molecule has 0 radical (unpaired) electrons. The molecule has 1 fully saturated rings. The molecule has 2 rings (SSSR count). The van der Waals surface area contributed by atoms with E-state index in [9.17, 15) is 0 Å². The van der Waals surface area contributed by atoms with E-state index >= 15 is 0 Å². The SMILES string of the molecule is COCC(OC)c1ccc(CC2CCCNC2)cc1. The van der Waals surface area contributed by atoms with Crippen molar-refractivity contribution >= 4 is 0 Å². The Kier molecular flexibility index (Phi) is 5.83. The van der Waals surface area contributed by atoms with Crippen molar-refractivity contribution in [1.29, 1.82) is 0 Å². The number of piperidine rings is 1. The summed E-state index contributed by atoms with van der Waals surface area (Å²) in [6, 6.07) is 8.79. The van der Waals surface area contributed by atoms with Crippen molar-refractivity contribution in [3.63, 3.8) is 0 Å². The number of ether oxygens (including phenoxy) is 2. The first kappa shape index (κ1) is 14.5. The molecule has 1 heterocycles. The fourth-order valence-corrected chi connectivity index (χ4v) is 2.75. The summed E-state index contributed by atoms with van der Waals surface area (Å²) < 4.78 is 10.6. The van der Waals surface area contributed by atoms with E-state index in [1.165, 1.54) is 36.9 Å². The van der Waals surface area contributed by atoms with Crippen LogP contribution in [0.3, 0.4) is 0 Å². The molecule has 1 N–H and O–H groups in total. The van der Waals surface area contributed by atoms with Gasteiger partial charge in [-0.3, -0.25) is 0 Å². The molecule has 2 unspecified atom stereocenters. The van der Waals surface area contributed by atoms with Crippen LogP contribution in [0.15, 0.2) is 24.3 Å². The summed E-state index contributed by atoms with van der Waals surface area (Å²) in [5, 5.41) is 3.47. The van der Waals surface area contributed by atoms with Crippen LogP contribution in [0, 0.1) is 5.92 Å². The van der Waals surface area contributed by atoms with Gasteiger partial charge in [0.1, 0.15) is 6.10 Å². The molecule has 1 saturated heterocycles. The minimum Gasteiger partial charge on any atom is -0.382 e. The maximum atomic E-state index is 5.43. The molecule has 1 aliphatic heterocycles. The fraction of sp³-hybridized carbons (Fsp3) is 0.625. The standard InChI is InChI=1S/C16H25NO2/c1-18-12-16(19-2)15-7-5-13(6-8-15)10-14-4-3-9-17-11-14/h5-8,14,16-17H,3-4,9-12H2,1-2H3. The highest BCUT2D eigenvalue weighted by molar-refractivity contribution is 5.25. The van der Waals surface area contributed by atoms with Crippen LogP contribution in [0.2, 0.25) is 0 Å². The monoisotopic (exact) mass is 263 g/mol.